The molecule has 3 aliphatic rings. The highest BCUT2D eigenvalue weighted by Crippen LogP contribution is 2.49. The molecule has 0 spiro atoms. The fourth-order valence-electron chi connectivity index (χ4n) is 7.49. The number of fused-ring (bicyclic) bond motifs is 5. The van der Waals surface area contributed by atoms with Gasteiger partial charge in [-0.05, 0) is 77.6 Å². The van der Waals surface area contributed by atoms with Crippen LogP contribution in [0.2, 0.25) is 0 Å². The summed E-state index contributed by atoms with van der Waals surface area (Å²) in [7, 11) is -5.31. The molecule has 0 bridgehead atoms. The smallest absolute Gasteiger partial charge is 0.474 e. The fraction of sp³-hybridized carbons (Fsp3) is 0.488. The molecule has 2 aliphatic heterocycles. The van der Waals surface area contributed by atoms with Crippen molar-refractivity contribution in [2.45, 2.75) is 115 Å². The number of phosphoric acid groups is 1. The molecule has 344 valence electrons. The molecular weight excluding hydrogens is 863 g/mol. The zero-order chi connectivity index (χ0) is 46.5. The number of carbonyl (C=O) groups excluding carboxylic acids is 3. The van der Waals surface area contributed by atoms with E-state index in [0.717, 1.165) is 28.6 Å². The average molecular weight is 913 g/mol. The minimum Gasteiger partial charge on any atom is -0.480 e. The molecule has 2 aromatic heterocycles. The van der Waals surface area contributed by atoms with Crippen molar-refractivity contribution in [3.63, 3.8) is 0 Å². The van der Waals surface area contributed by atoms with E-state index in [1.54, 1.807) is 55.4 Å². The van der Waals surface area contributed by atoms with Gasteiger partial charge in [-0.15, -0.1) is 0 Å². The lowest BCUT2D eigenvalue weighted by Gasteiger charge is -2.28. The Morgan fingerprint density at radius 3 is 2.05 bits per heavy atom. The second-order valence-electron chi connectivity index (χ2n) is 17.5. The Kier molecular flexibility index (Phi) is 12.6. The van der Waals surface area contributed by atoms with Crippen LogP contribution in [0.4, 0.5) is 20.2 Å². The van der Waals surface area contributed by atoms with Gasteiger partial charge in [-0.3, -0.25) is 13.6 Å². The van der Waals surface area contributed by atoms with Crippen LogP contribution in [0.1, 0.15) is 78.7 Å². The number of nitrogens with zero attached hydrogens (tertiary/aromatic N) is 5. The van der Waals surface area contributed by atoms with Gasteiger partial charge in [0.25, 0.3) is 0 Å². The molecule has 0 saturated carbocycles. The summed E-state index contributed by atoms with van der Waals surface area (Å²) in [5.74, 6) is -3.65. The van der Waals surface area contributed by atoms with Gasteiger partial charge in [-0.2, -0.15) is 4.90 Å². The summed E-state index contributed by atoms with van der Waals surface area (Å²) in [6.45, 7) is 12.0. The van der Waals surface area contributed by atoms with Crippen LogP contribution in [-0.2, 0) is 46.8 Å². The van der Waals surface area contributed by atoms with Gasteiger partial charge in [-0.1, -0.05) is 48.5 Å². The standard InChI is InChI=1S/C41H49N6O16P/c1-39(2,3)61-37(52)47(38(53)62-40(4,5)6)32-27-31(42-19-43-32)46(20-44-27)33-30-29(59-41(7,8)60-30)26(58-33)18-57-64(54,55)63-35(50)28(34(48)49)45-36(51)56-17-25-23-15-11-9-13-21(23)22-14-10-12-16-24(22)25/h9-16,19-20,25-26,28-30,33,35,50H,17-18H2,1-8H3,(H,45,51)(H,48,49)(H,54,55)/t26-,28-,29-,30-,33-,35?/m1/s1. The maximum Gasteiger partial charge on any atom is 0.474 e. The Morgan fingerprint density at radius 2 is 1.47 bits per heavy atom. The zero-order valence-electron chi connectivity index (χ0n) is 36.1. The van der Waals surface area contributed by atoms with Gasteiger partial charge in [0.15, 0.2) is 41.3 Å². The van der Waals surface area contributed by atoms with Crippen LogP contribution in [0.3, 0.4) is 0 Å². The van der Waals surface area contributed by atoms with Gasteiger partial charge in [0.05, 0.1) is 12.9 Å². The van der Waals surface area contributed by atoms with Crippen LogP contribution in [0.5, 0.6) is 0 Å². The predicted octanol–water partition coefficient (Wildman–Crippen LogP) is 5.36. The summed E-state index contributed by atoms with van der Waals surface area (Å²) >= 11 is 0. The molecule has 2 fully saturated rings. The highest BCUT2D eigenvalue weighted by molar-refractivity contribution is 7.47. The van der Waals surface area contributed by atoms with E-state index in [-0.39, 0.29) is 29.5 Å². The highest BCUT2D eigenvalue weighted by atomic mass is 31.2. The number of aliphatic carboxylic acids is 1. The third-order valence-corrected chi connectivity index (χ3v) is 10.9. The number of ether oxygens (including phenoxy) is 6. The van der Waals surface area contributed by atoms with Crippen LogP contribution in [0.15, 0.2) is 61.2 Å². The number of hydrogen-bond donors (Lipinski definition) is 4. The minimum absolute atomic E-state index is 0.0424. The van der Waals surface area contributed by atoms with Crippen LogP contribution in [-0.4, -0.2) is 120 Å². The van der Waals surface area contributed by atoms with Crippen molar-refractivity contribution in [3.8, 4) is 11.1 Å². The van der Waals surface area contributed by atoms with E-state index in [9.17, 15) is 38.8 Å². The molecular formula is C41H49N6O16P. The van der Waals surface area contributed by atoms with E-state index >= 15 is 0 Å². The molecule has 7 atom stereocenters. The fourth-order valence-corrected chi connectivity index (χ4v) is 8.28. The van der Waals surface area contributed by atoms with Crippen molar-refractivity contribution in [2.24, 2.45) is 0 Å². The van der Waals surface area contributed by atoms with Gasteiger partial charge in [0.2, 0.25) is 0 Å². The molecule has 3 amide bonds. The first kappa shape index (κ1) is 46.4. The Hall–Kier alpha value is -5.58. The van der Waals surface area contributed by atoms with Gasteiger partial charge in [-0.25, -0.2) is 38.7 Å². The molecule has 23 heteroatoms. The SMILES string of the molecule is CC(C)(C)OC(=O)N(C(=O)OC(C)(C)C)c1ncnc2c1ncn2[C@@H]1O[C@H](COP(=O)(O)OC(O)[C@H](NC(=O)OCC2c3ccccc3-c3ccccc32)C(=O)O)[C@H]2OC(C)(C)O[C@H]21. The van der Waals surface area contributed by atoms with Crippen LogP contribution < -0.4 is 10.2 Å². The molecule has 4 heterocycles. The van der Waals surface area contributed by atoms with Crippen molar-refractivity contribution in [1.82, 2.24) is 24.8 Å². The van der Waals surface area contributed by atoms with Crippen molar-refractivity contribution < 1.29 is 76.3 Å². The Labute approximate surface area is 366 Å². The third-order valence-electron chi connectivity index (χ3n) is 9.91. The molecule has 2 unspecified atom stereocenters. The number of hydrogen-bond acceptors (Lipinski definition) is 17. The Morgan fingerprint density at radius 1 is 0.891 bits per heavy atom. The van der Waals surface area contributed by atoms with Crippen molar-refractivity contribution in [3.05, 3.63) is 72.3 Å². The van der Waals surface area contributed by atoms with Gasteiger partial charge in [0, 0.05) is 5.92 Å². The maximum absolute atomic E-state index is 13.4. The number of nitrogens with one attached hydrogen (secondary N) is 1. The number of alkyl carbamates (subject to hydrolysis) is 1. The monoisotopic (exact) mass is 912 g/mol. The largest absolute Gasteiger partial charge is 0.480 e. The lowest BCUT2D eigenvalue weighted by Crippen LogP contribution is -2.49. The summed E-state index contributed by atoms with van der Waals surface area (Å²) in [5.41, 5.74) is 1.72. The number of carboxylic acids is 1. The van der Waals surface area contributed by atoms with Gasteiger partial charge < -0.3 is 48.8 Å². The number of phosphoric ester groups is 1. The van der Waals surface area contributed by atoms with E-state index in [1.165, 1.54) is 10.9 Å². The molecule has 0 radical (unpaired) electrons. The summed E-state index contributed by atoms with van der Waals surface area (Å²) in [6, 6.07) is 12.9. The van der Waals surface area contributed by atoms with Crippen LogP contribution in [0.25, 0.3) is 22.3 Å². The van der Waals surface area contributed by atoms with Gasteiger partial charge >= 0.3 is 32.1 Å². The first-order valence-electron chi connectivity index (χ1n) is 20.0. The first-order valence-corrected chi connectivity index (χ1v) is 21.5. The number of carbonyl (C=O) groups is 4. The third kappa shape index (κ3) is 10.0. The molecule has 1 aliphatic carbocycles. The molecule has 64 heavy (non-hydrogen) atoms. The Balaban J connectivity index is 1.03. The van der Waals surface area contributed by atoms with Gasteiger partial charge in [0.1, 0.15) is 42.4 Å². The van der Waals surface area contributed by atoms with E-state index < -0.39 is 92.5 Å². The molecule has 2 saturated heterocycles. The lowest BCUT2D eigenvalue weighted by molar-refractivity contribution is -0.199. The number of rotatable bonds is 12. The van der Waals surface area contributed by atoms with E-state index in [2.05, 4.69) is 15.0 Å². The lowest BCUT2D eigenvalue weighted by atomic mass is 9.98. The molecule has 22 nitrogen and oxygen atoms in total. The predicted molar refractivity (Wildman–Crippen MR) is 221 cm³/mol. The van der Waals surface area contributed by atoms with Crippen molar-refractivity contribution in [1.29, 1.82) is 0 Å². The van der Waals surface area contributed by atoms with E-state index in [1.807, 2.05) is 53.8 Å². The molecule has 7 rings (SSSR count). The van der Waals surface area contributed by atoms with Crippen molar-refractivity contribution in [2.75, 3.05) is 18.1 Å². The first-order chi connectivity index (χ1) is 29.9. The maximum atomic E-state index is 13.4. The topological polar surface area (TPSA) is 279 Å². The number of aromatic nitrogens is 4. The molecule has 4 N–H and O–H groups in total. The average Bonchev–Trinajstić information content (AvgIpc) is 3.92. The molecule has 4 aromatic rings. The normalized spacial score (nSPS) is 22.1. The van der Waals surface area contributed by atoms with Crippen molar-refractivity contribution >= 4 is 49.1 Å². The number of amides is 3. The summed E-state index contributed by atoms with van der Waals surface area (Å²) in [4.78, 5) is 76.0. The molecule has 2 aromatic carbocycles. The second kappa shape index (κ2) is 17.4. The van der Waals surface area contributed by atoms with Crippen LogP contribution in [0, 0.1) is 0 Å². The zero-order valence-corrected chi connectivity index (χ0v) is 37.0. The summed E-state index contributed by atoms with van der Waals surface area (Å²) in [5, 5.41) is 22.5. The van der Waals surface area contributed by atoms with E-state index in [4.69, 9.17) is 37.5 Å². The number of imidazole rings is 1. The number of carboxylic acid groups (broad SMARTS) is 1. The minimum atomic E-state index is -5.31. The number of aliphatic hydroxyl groups is 1. The second-order valence-corrected chi connectivity index (χ2v) is 18.9. The number of aliphatic hydroxyl groups excluding tert-OH is 1. The number of anilines is 1. The number of imide groups is 1. The Bertz CT molecular complexity index is 2410. The summed E-state index contributed by atoms with van der Waals surface area (Å²) < 4.78 is 59.4. The highest BCUT2D eigenvalue weighted by Gasteiger charge is 2.57. The summed E-state index contributed by atoms with van der Waals surface area (Å²) in [6.07, 6.45) is -7.86. The van der Waals surface area contributed by atoms with Crippen LogP contribution >= 0.6 is 7.82 Å². The quantitative estimate of drug-likeness (QED) is 0.0790. The number of benzene rings is 2. The van der Waals surface area contributed by atoms with E-state index in [0.29, 0.717) is 4.90 Å².